The van der Waals surface area contributed by atoms with Crippen molar-refractivity contribution in [3.8, 4) is 11.5 Å². The summed E-state index contributed by atoms with van der Waals surface area (Å²) < 4.78 is 13.7. The van der Waals surface area contributed by atoms with Gasteiger partial charge in [0.2, 0.25) is 0 Å². The largest absolute Gasteiger partial charge is 0.494 e. The molecule has 4 rings (SSSR count). The van der Waals surface area contributed by atoms with Crippen molar-refractivity contribution in [2.45, 2.75) is 46.5 Å². The van der Waals surface area contributed by atoms with Crippen LogP contribution in [0.2, 0.25) is 0 Å². The number of aryl methyl sites for hydroxylation is 4. The van der Waals surface area contributed by atoms with E-state index in [0.717, 1.165) is 58.2 Å². The van der Waals surface area contributed by atoms with Crippen molar-refractivity contribution in [3.05, 3.63) is 99.7 Å². The molecular formula is C37H39NO7. The molecule has 45 heavy (non-hydrogen) atoms. The second-order valence-electron chi connectivity index (χ2n) is 11.1. The number of ketones is 1. The zero-order valence-electron chi connectivity index (χ0n) is 26.1. The van der Waals surface area contributed by atoms with Gasteiger partial charge in [-0.1, -0.05) is 60.2 Å². The first kappa shape index (κ1) is 32.8. The van der Waals surface area contributed by atoms with Crippen LogP contribution in [-0.2, 0) is 16.6 Å². The molecule has 1 aromatic heterocycles. The lowest BCUT2D eigenvalue weighted by atomic mass is 10.0. The Hall–Kier alpha value is -5.11. The van der Waals surface area contributed by atoms with Gasteiger partial charge in [-0.3, -0.25) is 9.59 Å². The van der Waals surface area contributed by atoms with Gasteiger partial charge in [-0.2, -0.15) is 0 Å². The number of ether oxygens (including phenoxy) is 2. The minimum atomic E-state index is -1.14. The first-order valence-electron chi connectivity index (χ1n) is 14.9. The van der Waals surface area contributed by atoms with Crippen molar-refractivity contribution in [3.63, 3.8) is 0 Å². The zero-order valence-corrected chi connectivity index (χ0v) is 26.1. The number of aliphatic carboxylic acids is 2. The molecule has 0 aliphatic carbocycles. The number of carboxylic acids is 2. The summed E-state index contributed by atoms with van der Waals surface area (Å²) in [5.41, 5.74) is 6.80. The van der Waals surface area contributed by atoms with Crippen molar-refractivity contribution in [2.75, 3.05) is 13.2 Å². The van der Waals surface area contributed by atoms with Gasteiger partial charge in [0.15, 0.2) is 5.78 Å². The number of Topliss-reactive ketones (excluding diaryl/α,β-unsaturated/α-hetero) is 1. The number of carbonyl (C=O) groups is 3. The van der Waals surface area contributed by atoms with E-state index in [1.807, 2.05) is 48.6 Å². The first-order chi connectivity index (χ1) is 21.5. The van der Waals surface area contributed by atoms with E-state index in [-0.39, 0.29) is 18.6 Å². The fourth-order valence-electron chi connectivity index (χ4n) is 5.51. The van der Waals surface area contributed by atoms with Crippen LogP contribution in [0.4, 0.5) is 0 Å². The Morgan fingerprint density at radius 1 is 0.822 bits per heavy atom. The third kappa shape index (κ3) is 8.50. The molecule has 0 aliphatic rings. The number of aromatic nitrogens is 1. The number of carbonyl (C=O) groups excluding carboxylic acids is 1. The van der Waals surface area contributed by atoms with Gasteiger partial charge < -0.3 is 24.3 Å². The Labute approximate surface area is 263 Å². The van der Waals surface area contributed by atoms with Gasteiger partial charge in [0.05, 0.1) is 36.4 Å². The van der Waals surface area contributed by atoms with Crippen LogP contribution >= 0.6 is 0 Å². The minimum absolute atomic E-state index is 0.183. The quantitative estimate of drug-likeness (QED) is 0.0615. The molecule has 0 fully saturated rings. The summed E-state index contributed by atoms with van der Waals surface area (Å²) in [5, 5.41) is 18.9. The van der Waals surface area contributed by atoms with Crippen molar-refractivity contribution >= 4 is 46.9 Å². The van der Waals surface area contributed by atoms with Crippen LogP contribution in [0.15, 0.2) is 60.7 Å². The van der Waals surface area contributed by atoms with Gasteiger partial charge in [0.1, 0.15) is 11.5 Å². The molecule has 0 saturated heterocycles. The standard InChI is InChI=1S/C37H39NO7/c1-24-22-25(2)37(26(3)23-24)45-21-6-5-20-44-29-14-11-27(12-15-29)10-13-28-8-7-9-30-35(32(39)17-19-34(42)43)31(16-18-33(40)41)38(4)36(28)30/h7-16,18,22-23H,5-6,17,19-21H2,1-4H3,(H,40,41)(H,42,43)/b13-10+,18-16+. The molecular weight excluding hydrogens is 570 g/mol. The molecule has 8 heteroatoms. The van der Waals surface area contributed by atoms with E-state index < -0.39 is 11.9 Å². The Morgan fingerprint density at radius 3 is 2.13 bits per heavy atom. The number of benzene rings is 3. The number of para-hydroxylation sites is 1. The highest BCUT2D eigenvalue weighted by Crippen LogP contribution is 2.32. The molecule has 0 aliphatic heterocycles. The van der Waals surface area contributed by atoms with Crippen LogP contribution in [0.5, 0.6) is 11.5 Å². The van der Waals surface area contributed by atoms with E-state index >= 15 is 0 Å². The molecule has 0 amide bonds. The van der Waals surface area contributed by atoms with Crippen LogP contribution in [0.3, 0.4) is 0 Å². The highest BCUT2D eigenvalue weighted by Gasteiger charge is 2.21. The lowest BCUT2D eigenvalue weighted by molar-refractivity contribution is -0.137. The molecule has 8 nitrogen and oxygen atoms in total. The Balaban J connectivity index is 1.41. The molecule has 3 aromatic carbocycles. The minimum Gasteiger partial charge on any atom is -0.494 e. The highest BCUT2D eigenvalue weighted by atomic mass is 16.5. The number of hydrogen-bond acceptors (Lipinski definition) is 5. The summed E-state index contributed by atoms with van der Waals surface area (Å²) in [7, 11) is 1.76. The van der Waals surface area contributed by atoms with E-state index in [0.29, 0.717) is 29.9 Å². The number of carboxylic acid groups (broad SMARTS) is 2. The topological polar surface area (TPSA) is 115 Å². The summed E-state index contributed by atoms with van der Waals surface area (Å²) in [5.74, 6) is -0.821. The van der Waals surface area contributed by atoms with Crippen LogP contribution in [-0.4, -0.2) is 45.7 Å². The van der Waals surface area contributed by atoms with E-state index in [1.165, 1.54) is 11.6 Å². The number of fused-ring (bicyclic) bond motifs is 1. The Kier molecular flexibility index (Phi) is 11.0. The van der Waals surface area contributed by atoms with E-state index in [9.17, 15) is 19.5 Å². The van der Waals surface area contributed by atoms with Crippen molar-refractivity contribution in [1.82, 2.24) is 4.57 Å². The number of hydrogen-bond donors (Lipinski definition) is 2. The van der Waals surface area contributed by atoms with Gasteiger partial charge in [0.25, 0.3) is 0 Å². The molecule has 0 bridgehead atoms. The smallest absolute Gasteiger partial charge is 0.328 e. The summed E-state index contributed by atoms with van der Waals surface area (Å²) >= 11 is 0. The second-order valence-corrected chi connectivity index (χ2v) is 11.1. The van der Waals surface area contributed by atoms with Gasteiger partial charge in [-0.15, -0.1) is 0 Å². The molecule has 1 heterocycles. The second kappa shape index (κ2) is 15.1. The monoisotopic (exact) mass is 609 g/mol. The number of nitrogens with zero attached hydrogens (tertiary/aromatic N) is 1. The summed E-state index contributed by atoms with van der Waals surface area (Å²) in [6.45, 7) is 7.46. The molecule has 0 unspecified atom stereocenters. The van der Waals surface area contributed by atoms with Gasteiger partial charge >= 0.3 is 11.9 Å². The molecule has 234 valence electrons. The highest BCUT2D eigenvalue weighted by molar-refractivity contribution is 6.13. The van der Waals surface area contributed by atoms with Crippen LogP contribution in [0.25, 0.3) is 29.1 Å². The summed E-state index contributed by atoms with van der Waals surface area (Å²) in [4.78, 5) is 35.4. The van der Waals surface area contributed by atoms with Crippen molar-refractivity contribution < 1.29 is 34.1 Å². The predicted octanol–water partition coefficient (Wildman–Crippen LogP) is 7.66. The van der Waals surface area contributed by atoms with E-state index in [1.54, 1.807) is 17.7 Å². The molecule has 0 saturated carbocycles. The maximum atomic E-state index is 13.1. The Morgan fingerprint density at radius 2 is 1.49 bits per heavy atom. The molecule has 0 spiro atoms. The van der Waals surface area contributed by atoms with E-state index in [2.05, 4.69) is 32.9 Å². The van der Waals surface area contributed by atoms with Crippen LogP contribution in [0.1, 0.15) is 69.6 Å². The predicted molar refractivity (Wildman–Crippen MR) is 177 cm³/mol. The molecule has 0 atom stereocenters. The summed E-state index contributed by atoms with van der Waals surface area (Å²) in [6, 6.07) is 17.6. The third-order valence-corrected chi connectivity index (χ3v) is 7.51. The SMILES string of the molecule is Cc1cc(C)c(OCCCCOc2ccc(/C=C/c3cccc4c(C(=O)CCC(=O)O)c(/C=C/C(=O)O)n(C)c34)cc2)c(C)c1. The Bertz CT molecular complexity index is 1740. The van der Waals surface area contributed by atoms with Crippen LogP contribution in [0, 0.1) is 20.8 Å². The molecule has 2 N–H and O–H groups in total. The summed E-state index contributed by atoms with van der Waals surface area (Å²) in [6.07, 6.45) is 7.51. The fraction of sp³-hybridized carbons (Fsp3) is 0.270. The first-order valence-corrected chi connectivity index (χ1v) is 14.9. The fourth-order valence-corrected chi connectivity index (χ4v) is 5.51. The van der Waals surface area contributed by atoms with Gasteiger partial charge in [-0.25, -0.2) is 4.79 Å². The van der Waals surface area contributed by atoms with Gasteiger partial charge in [0, 0.05) is 24.9 Å². The third-order valence-electron chi connectivity index (χ3n) is 7.51. The van der Waals surface area contributed by atoms with Crippen molar-refractivity contribution in [1.29, 1.82) is 0 Å². The lowest BCUT2D eigenvalue weighted by Gasteiger charge is -2.13. The lowest BCUT2D eigenvalue weighted by Crippen LogP contribution is -2.06. The number of rotatable bonds is 15. The average Bonchev–Trinajstić information content (AvgIpc) is 3.28. The zero-order chi connectivity index (χ0) is 32.5. The van der Waals surface area contributed by atoms with E-state index in [4.69, 9.17) is 14.6 Å². The van der Waals surface area contributed by atoms with Crippen molar-refractivity contribution in [2.24, 2.45) is 7.05 Å². The normalized spacial score (nSPS) is 11.5. The molecule has 0 radical (unpaired) electrons. The van der Waals surface area contributed by atoms with Gasteiger partial charge in [-0.05, 0) is 74.1 Å². The number of unbranched alkanes of at least 4 members (excludes halogenated alkanes) is 1. The van der Waals surface area contributed by atoms with Crippen LogP contribution < -0.4 is 9.47 Å². The maximum Gasteiger partial charge on any atom is 0.328 e. The maximum absolute atomic E-state index is 13.1. The molecule has 4 aromatic rings. The average molecular weight is 610 g/mol.